The molecule has 1 aliphatic heterocycles. The van der Waals surface area contributed by atoms with Crippen LogP contribution >= 0.6 is 0 Å². The van der Waals surface area contributed by atoms with Crippen molar-refractivity contribution in [2.24, 2.45) is 17.8 Å². The zero-order valence-electron chi connectivity index (χ0n) is 16.0. The predicted molar refractivity (Wildman–Crippen MR) is 109 cm³/mol. The summed E-state index contributed by atoms with van der Waals surface area (Å²) in [7, 11) is 0. The molecule has 0 spiro atoms. The summed E-state index contributed by atoms with van der Waals surface area (Å²) in [4.78, 5) is 27.8. The number of carbonyl (C=O) groups is 2. The van der Waals surface area contributed by atoms with Crippen molar-refractivity contribution in [2.75, 3.05) is 11.5 Å². The van der Waals surface area contributed by atoms with Crippen molar-refractivity contribution in [3.8, 4) is 0 Å². The second-order valence-corrected chi connectivity index (χ2v) is 7.37. The lowest BCUT2D eigenvalue weighted by atomic mass is 9.67. The van der Waals surface area contributed by atoms with Crippen molar-refractivity contribution in [1.82, 2.24) is 0 Å². The number of hydrogen-bond donors (Lipinski definition) is 0. The third-order valence-corrected chi connectivity index (χ3v) is 5.79. The molecule has 1 aliphatic carbocycles. The van der Waals surface area contributed by atoms with Gasteiger partial charge in [0.05, 0.1) is 24.5 Å². The number of nitrogens with zero attached hydrogens (tertiary/aromatic N) is 1. The zero-order chi connectivity index (χ0) is 19.5. The van der Waals surface area contributed by atoms with Crippen LogP contribution in [-0.4, -0.2) is 18.5 Å². The van der Waals surface area contributed by atoms with E-state index in [-0.39, 0.29) is 35.7 Å². The molecule has 1 saturated heterocycles. The van der Waals surface area contributed by atoms with Crippen molar-refractivity contribution in [1.29, 1.82) is 0 Å². The van der Waals surface area contributed by atoms with E-state index in [1.165, 1.54) is 0 Å². The molecule has 2 aromatic carbocycles. The van der Waals surface area contributed by atoms with Gasteiger partial charge >= 0.3 is 5.97 Å². The van der Waals surface area contributed by atoms with Gasteiger partial charge in [-0.25, -0.2) is 0 Å². The van der Waals surface area contributed by atoms with Gasteiger partial charge in [-0.3, -0.25) is 9.59 Å². The Kier molecular flexibility index (Phi) is 5.29. The standard InChI is InChI=1S/C24H25NO3/c1-2-28-24(27)20-16-10-9-15-19(20)21-22(17-11-5-3-6-12-17)25(23(21)26)18-13-7-4-8-14-18/h3-9,11-15,19-22H,2,10,16H2,1H3/t19-,20-,21+,22+/m1/s1. The van der Waals surface area contributed by atoms with Gasteiger partial charge in [0.2, 0.25) is 5.91 Å². The quantitative estimate of drug-likeness (QED) is 0.438. The number of rotatable bonds is 5. The zero-order valence-corrected chi connectivity index (χ0v) is 16.0. The molecule has 1 amide bonds. The van der Waals surface area contributed by atoms with Crippen molar-refractivity contribution in [3.63, 3.8) is 0 Å². The first-order chi connectivity index (χ1) is 13.7. The van der Waals surface area contributed by atoms with Gasteiger partial charge in [-0.1, -0.05) is 60.7 Å². The molecular formula is C24H25NO3. The summed E-state index contributed by atoms with van der Waals surface area (Å²) in [6.45, 7) is 2.19. The average Bonchev–Trinajstić information content (AvgIpc) is 2.74. The molecule has 0 aromatic heterocycles. The lowest BCUT2D eigenvalue weighted by molar-refractivity contribution is -0.152. The van der Waals surface area contributed by atoms with E-state index in [2.05, 4.69) is 24.3 Å². The fourth-order valence-electron chi connectivity index (χ4n) is 4.52. The molecule has 2 aliphatic rings. The summed E-state index contributed by atoms with van der Waals surface area (Å²) < 4.78 is 5.32. The SMILES string of the molecule is CCOC(=O)[C@@H]1CCC=C[C@H]1[C@@H]1C(=O)N(c2ccccc2)[C@H]1c1ccccc1. The third kappa shape index (κ3) is 3.24. The molecule has 0 bridgehead atoms. The molecule has 0 saturated carbocycles. The van der Waals surface area contributed by atoms with Crippen LogP contribution < -0.4 is 4.90 Å². The van der Waals surface area contributed by atoms with Gasteiger partial charge in [-0.15, -0.1) is 0 Å². The maximum Gasteiger partial charge on any atom is 0.309 e. The predicted octanol–water partition coefficient (Wildman–Crippen LogP) is 4.54. The third-order valence-electron chi connectivity index (χ3n) is 5.79. The largest absolute Gasteiger partial charge is 0.466 e. The van der Waals surface area contributed by atoms with Gasteiger partial charge < -0.3 is 9.64 Å². The van der Waals surface area contributed by atoms with Gasteiger partial charge in [0.1, 0.15) is 0 Å². The summed E-state index contributed by atoms with van der Waals surface area (Å²) in [5.74, 6) is -0.761. The molecule has 0 radical (unpaired) electrons. The van der Waals surface area contributed by atoms with Gasteiger partial charge in [-0.05, 0) is 37.5 Å². The van der Waals surface area contributed by atoms with Crippen molar-refractivity contribution < 1.29 is 14.3 Å². The van der Waals surface area contributed by atoms with Crippen LogP contribution in [-0.2, 0) is 14.3 Å². The maximum absolute atomic E-state index is 13.3. The van der Waals surface area contributed by atoms with E-state index < -0.39 is 0 Å². The molecule has 4 nitrogen and oxygen atoms in total. The van der Waals surface area contributed by atoms with Crippen molar-refractivity contribution in [2.45, 2.75) is 25.8 Å². The van der Waals surface area contributed by atoms with Crippen LogP contribution in [0.3, 0.4) is 0 Å². The van der Waals surface area contributed by atoms with Crippen molar-refractivity contribution >= 4 is 17.6 Å². The molecule has 1 fully saturated rings. The molecule has 0 N–H and O–H groups in total. The molecule has 2 aromatic rings. The number of carbonyl (C=O) groups excluding carboxylic acids is 2. The van der Waals surface area contributed by atoms with E-state index >= 15 is 0 Å². The van der Waals surface area contributed by atoms with Crippen LogP contribution in [0.4, 0.5) is 5.69 Å². The van der Waals surface area contributed by atoms with Crippen molar-refractivity contribution in [3.05, 3.63) is 78.4 Å². The van der Waals surface area contributed by atoms with E-state index in [1.807, 2.05) is 60.4 Å². The molecule has 4 rings (SSSR count). The highest BCUT2D eigenvalue weighted by Gasteiger charge is 2.54. The number of esters is 1. The average molecular weight is 375 g/mol. The lowest BCUT2D eigenvalue weighted by Crippen LogP contribution is -2.59. The number of benzene rings is 2. The van der Waals surface area contributed by atoms with Crippen LogP contribution in [0.25, 0.3) is 0 Å². The van der Waals surface area contributed by atoms with Crippen LogP contribution in [0, 0.1) is 17.8 Å². The fourth-order valence-corrected chi connectivity index (χ4v) is 4.52. The van der Waals surface area contributed by atoms with E-state index in [1.54, 1.807) is 0 Å². The topological polar surface area (TPSA) is 46.6 Å². The summed E-state index contributed by atoms with van der Waals surface area (Å²) in [6, 6.07) is 19.8. The number of ether oxygens (including phenoxy) is 1. The Morgan fingerprint density at radius 3 is 2.43 bits per heavy atom. The Morgan fingerprint density at radius 1 is 1.07 bits per heavy atom. The van der Waals surface area contributed by atoms with E-state index in [0.29, 0.717) is 6.61 Å². The summed E-state index contributed by atoms with van der Waals surface area (Å²) >= 11 is 0. The lowest BCUT2D eigenvalue weighted by Gasteiger charge is -2.51. The van der Waals surface area contributed by atoms with Gasteiger partial charge in [-0.2, -0.15) is 0 Å². The molecule has 144 valence electrons. The first-order valence-electron chi connectivity index (χ1n) is 9.98. The first kappa shape index (κ1) is 18.5. The minimum Gasteiger partial charge on any atom is -0.466 e. The fraction of sp³-hybridized carbons (Fsp3) is 0.333. The number of amides is 1. The number of hydrogen-bond acceptors (Lipinski definition) is 3. The van der Waals surface area contributed by atoms with Crippen LogP contribution in [0.2, 0.25) is 0 Å². The highest BCUT2D eigenvalue weighted by Crippen LogP contribution is 2.50. The highest BCUT2D eigenvalue weighted by molar-refractivity contribution is 6.04. The number of para-hydroxylation sites is 1. The Labute approximate surface area is 165 Å². The summed E-state index contributed by atoms with van der Waals surface area (Å²) in [6.07, 6.45) is 5.74. The Balaban J connectivity index is 1.71. The number of allylic oxidation sites excluding steroid dienone is 2. The second kappa shape index (κ2) is 8.01. The summed E-state index contributed by atoms with van der Waals surface area (Å²) in [5, 5.41) is 0. The minimum absolute atomic E-state index is 0.0749. The van der Waals surface area contributed by atoms with Gasteiger partial charge in [0, 0.05) is 11.6 Å². The van der Waals surface area contributed by atoms with Crippen LogP contribution in [0.5, 0.6) is 0 Å². The van der Waals surface area contributed by atoms with Gasteiger partial charge in [0.25, 0.3) is 0 Å². The smallest absolute Gasteiger partial charge is 0.309 e. The minimum atomic E-state index is -0.261. The molecular weight excluding hydrogens is 350 g/mol. The first-order valence-corrected chi connectivity index (χ1v) is 9.98. The number of β-lactam (4-membered cyclic amide) rings is 1. The molecule has 4 atom stereocenters. The van der Waals surface area contributed by atoms with E-state index in [9.17, 15) is 9.59 Å². The van der Waals surface area contributed by atoms with Crippen LogP contribution in [0.15, 0.2) is 72.8 Å². The molecule has 28 heavy (non-hydrogen) atoms. The summed E-state index contributed by atoms with van der Waals surface area (Å²) in [5.41, 5.74) is 1.99. The Morgan fingerprint density at radius 2 is 1.75 bits per heavy atom. The Hall–Kier alpha value is -2.88. The monoisotopic (exact) mass is 375 g/mol. The maximum atomic E-state index is 13.3. The number of anilines is 1. The molecule has 0 unspecified atom stereocenters. The second-order valence-electron chi connectivity index (χ2n) is 7.37. The van der Waals surface area contributed by atoms with E-state index in [4.69, 9.17) is 4.74 Å². The highest BCUT2D eigenvalue weighted by atomic mass is 16.5. The van der Waals surface area contributed by atoms with E-state index in [0.717, 1.165) is 24.1 Å². The molecule has 4 heteroatoms. The molecule has 1 heterocycles. The normalized spacial score (nSPS) is 26.6. The van der Waals surface area contributed by atoms with Gasteiger partial charge in [0.15, 0.2) is 0 Å². The van der Waals surface area contributed by atoms with Crippen LogP contribution in [0.1, 0.15) is 31.4 Å². The Bertz CT molecular complexity index is 862.